The third kappa shape index (κ3) is 3.73. The molecule has 2 aromatic heterocycles. The monoisotopic (exact) mass is 282 g/mol. The zero-order valence-corrected chi connectivity index (χ0v) is 11.3. The second kappa shape index (κ2) is 6.60. The average molecular weight is 283 g/mol. The molecule has 1 atom stereocenters. The lowest BCUT2D eigenvalue weighted by atomic mass is 10.3. The average Bonchev–Trinajstić information content (AvgIpc) is 2.89. The predicted molar refractivity (Wildman–Crippen MR) is 70.6 cm³/mol. The minimum Gasteiger partial charge on any atom is -0.379 e. The maximum Gasteiger partial charge on any atom is 0.276 e. The van der Waals surface area contributed by atoms with Crippen molar-refractivity contribution in [2.75, 3.05) is 13.2 Å². The quantitative estimate of drug-likeness (QED) is 0.817. The van der Waals surface area contributed by atoms with Gasteiger partial charge in [0.15, 0.2) is 5.82 Å². The SMILES string of the molecule is CCCOCC(N)c1noc(-c2ccc(Cl)cn2)n1. The maximum atomic E-state index is 5.90. The van der Waals surface area contributed by atoms with Gasteiger partial charge in [-0.1, -0.05) is 23.7 Å². The lowest BCUT2D eigenvalue weighted by Crippen LogP contribution is -2.18. The van der Waals surface area contributed by atoms with Crippen LogP contribution in [0, 0.1) is 0 Å². The molecule has 0 spiro atoms. The van der Waals surface area contributed by atoms with Crippen LogP contribution in [0.25, 0.3) is 11.6 Å². The first-order valence-electron chi connectivity index (χ1n) is 5.99. The zero-order valence-electron chi connectivity index (χ0n) is 10.5. The van der Waals surface area contributed by atoms with Crippen molar-refractivity contribution in [2.24, 2.45) is 5.73 Å². The van der Waals surface area contributed by atoms with Gasteiger partial charge in [0.2, 0.25) is 0 Å². The Hall–Kier alpha value is -1.50. The lowest BCUT2D eigenvalue weighted by Gasteiger charge is -2.06. The van der Waals surface area contributed by atoms with E-state index in [1.807, 2.05) is 6.92 Å². The Morgan fingerprint density at radius 3 is 3.00 bits per heavy atom. The number of aromatic nitrogens is 3. The third-order valence-electron chi connectivity index (χ3n) is 2.37. The van der Waals surface area contributed by atoms with E-state index in [2.05, 4.69) is 15.1 Å². The molecule has 1 unspecified atom stereocenters. The van der Waals surface area contributed by atoms with Crippen LogP contribution >= 0.6 is 11.6 Å². The first-order valence-corrected chi connectivity index (χ1v) is 6.37. The molecule has 2 N–H and O–H groups in total. The van der Waals surface area contributed by atoms with Gasteiger partial charge in [-0.25, -0.2) is 4.98 Å². The minimum atomic E-state index is -0.406. The number of hydrogen-bond acceptors (Lipinski definition) is 6. The van der Waals surface area contributed by atoms with Crippen LogP contribution in [-0.2, 0) is 4.74 Å². The molecule has 7 heteroatoms. The van der Waals surface area contributed by atoms with Crippen molar-refractivity contribution in [3.63, 3.8) is 0 Å². The summed E-state index contributed by atoms with van der Waals surface area (Å²) in [6.45, 7) is 3.06. The number of ether oxygens (including phenoxy) is 1. The van der Waals surface area contributed by atoms with E-state index in [1.54, 1.807) is 12.1 Å². The number of rotatable bonds is 6. The predicted octanol–water partition coefficient (Wildman–Crippen LogP) is 2.21. The molecule has 2 rings (SSSR count). The van der Waals surface area contributed by atoms with Gasteiger partial charge in [0, 0.05) is 12.8 Å². The second-order valence-corrected chi connectivity index (χ2v) is 4.44. The van der Waals surface area contributed by atoms with Gasteiger partial charge in [-0.2, -0.15) is 4.98 Å². The van der Waals surface area contributed by atoms with E-state index in [9.17, 15) is 0 Å². The van der Waals surface area contributed by atoms with Crippen molar-refractivity contribution in [1.82, 2.24) is 15.1 Å². The molecular formula is C12H15ClN4O2. The molecule has 6 nitrogen and oxygen atoms in total. The minimum absolute atomic E-state index is 0.317. The molecule has 102 valence electrons. The van der Waals surface area contributed by atoms with Gasteiger partial charge in [0.1, 0.15) is 5.69 Å². The van der Waals surface area contributed by atoms with Gasteiger partial charge in [-0.3, -0.25) is 0 Å². The van der Waals surface area contributed by atoms with Crippen LogP contribution in [0.2, 0.25) is 5.02 Å². The molecule has 0 radical (unpaired) electrons. The number of halogens is 1. The molecule has 2 aromatic rings. The molecule has 0 amide bonds. The van der Waals surface area contributed by atoms with Crippen molar-refractivity contribution in [3.8, 4) is 11.6 Å². The molecule has 0 saturated heterocycles. The number of nitrogens with two attached hydrogens (primary N) is 1. The molecule has 0 saturated carbocycles. The van der Waals surface area contributed by atoms with Crippen molar-refractivity contribution in [2.45, 2.75) is 19.4 Å². The molecule has 2 heterocycles. The largest absolute Gasteiger partial charge is 0.379 e. The Morgan fingerprint density at radius 2 is 2.32 bits per heavy atom. The Balaban J connectivity index is 2.04. The van der Waals surface area contributed by atoms with Gasteiger partial charge in [0.05, 0.1) is 17.7 Å². The van der Waals surface area contributed by atoms with Gasteiger partial charge < -0.3 is 15.0 Å². The zero-order chi connectivity index (χ0) is 13.7. The molecule has 0 aliphatic heterocycles. The Morgan fingerprint density at radius 1 is 1.47 bits per heavy atom. The molecule has 19 heavy (non-hydrogen) atoms. The highest BCUT2D eigenvalue weighted by Gasteiger charge is 2.16. The topological polar surface area (TPSA) is 87.1 Å². The third-order valence-corrected chi connectivity index (χ3v) is 2.59. The fourth-order valence-corrected chi connectivity index (χ4v) is 1.53. The molecule has 0 bridgehead atoms. The summed E-state index contributed by atoms with van der Waals surface area (Å²) < 4.78 is 10.5. The van der Waals surface area contributed by atoms with Crippen LogP contribution < -0.4 is 5.73 Å². The van der Waals surface area contributed by atoms with Gasteiger partial charge >= 0.3 is 0 Å². The summed E-state index contributed by atoms with van der Waals surface area (Å²) in [5, 5.41) is 4.38. The van der Waals surface area contributed by atoms with E-state index >= 15 is 0 Å². The summed E-state index contributed by atoms with van der Waals surface area (Å²) in [5.74, 6) is 0.723. The lowest BCUT2D eigenvalue weighted by molar-refractivity contribution is 0.119. The number of pyridine rings is 1. The summed E-state index contributed by atoms with van der Waals surface area (Å²) in [6.07, 6.45) is 2.46. The van der Waals surface area contributed by atoms with Crippen LogP contribution in [0.1, 0.15) is 25.2 Å². The maximum absolute atomic E-state index is 5.90. The summed E-state index contributed by atoms with van der Waals surface area (Å²) in [6, 6.07) is 3.01. The smallest absolute Gasteiger partial charge is 0.276 e. The molecule has 0 aliphatic rings. The standard InChI is InChI=1S/C12H15ClN4O2/c1-2-5-18-7-9(14)11-16-12(19-17-11)10-4-3-8(13)6-15-10/h3-4,6,9H,2,5,7,14H2,1H3. The molecule has 0 aliphatic carbocycles. The van der Waals surface area contributed by atoms with Crippen molar-refractivity contribution in [3.05, 3.63) is 29.2 Å². The first-order chi connectivity index (χ1) is 9.20. The Bertz CT molecular complexity index is 515. The van der Waals surface area contributed by atoms with Crippen molar-refractivity contribution in [1.29, 1.82) is 0 Å². The van der Waals surface area contributed by atoms with E-state index < -0.39 is 6.04 Å². The van der Waals surface area contributed by atoms with E-state index in [-0.39, 0.29) is 0 Å². The first kappa shape index (κ1) is 13.9. The van der Waals surface area contributed by atoms with E-state index in [1.165, 1.54) is 6.20 Å². The van der Waals surface area contributed by atoms with Crippen LogP contribution in [0.3, 0.4) is 0 Å². The van der Waals surface area contributed by atoms with Crippen molar-refractivity contribution < 1.29 is 9.26 Å². The molecular weight excluding hydrogens is 268 g/mol. The van der Waals surface area contributed by atoms with E-state index in [0.717, 1.165) is 6.42 Å². The number of hydrogen-bond donors (Lipinski definition) is 1. The highest BCUT2D eigenvalue weighted by Crippen LogP contribution is 2.18. The summed E-state index contributed by atoms with van der Waals surface area (Å²) in [4.78, 5) is 8.30. The second-order valence-electron chi connectivity index (χ2n) is 4.00. The highest BCUT2D eigenvalue weighted by molar-refractivity contribution is 6.30. The van der Waals surface area contributed by atoms with Crippen LogP contribution in [0.5, 0.6) is 0 Å². The van der Waals surface area contributed by atoms with Crippen LogP contribution in [0.15, 0.2) is 22.9 Å². The highest BCUT2D eigenvalue weighted by atomic mass is 35.5. The summed E-state index contributed by atoms with van der Waals surface area (Å²) >= 11 is 5.76. The van der Waals surface area contributed by atoms with Crippen LogP contribution in [-0.4, -0.2) is 28.3 Å². The summed E-state index contributed by atoms with van der Waals surface area (Å²) in [7, 11) is 0. The van der Waals surface area contributed by atoms with Gasteiger partial charge in [-0.05, 0) is 18.6 Å². The fourth-order valence-electron chi connectivity index (χ4n) is 1.42. The van der Waals surface area contributed by atoms with Gasteiger partial charge in [-0.15, -0.1) is 0 Å². The van der Waals surface area contributed by atoms with Crippen LogP contribution in [0.4, 0.5) is 0 Å². The summed E-state index contributed by atoms with van der Waals surface area (Å²) in [5.41, 5.74) is 6.46. The number of nitrogens with zero attached hydrogens (tertiary/aromatic N) is 3. The van der Waals surface area contributed by atoms with E-state index in [4.69, 9.17) is 26.6 Å². The fraction of sp³-hybridized carbons (Fsp3) is 0.417. The molecule has 0 fully saturated rings. The molecule has 0 aromatic carbocycles. The van der Waals surface area contributed by atoms with E-state index in [0.29, 0.717) is 35.6 Å². The normalized spacial score (nSPS) is 12.6. The Kier molecular flexibility index (Phi) is 4.84. The van der Waals surface area contributed by atoms with Gasteiger partial charge in [0.25, 0.3) is 5.89 Å². The van der Waals surface area contributed by atoms with Crippen molar-refractivity contribution >= 4 is 11.6 Å². The Labute approximate surface area is 115 Å².